The third kappa shape index (κ3) is 6.51. The molecule has 0 bridgehead atoms. The van der Waals surface area contributed by atoms with Crippen molar-refractivity contribution in [3.63, 3.8) is 0 Å². The number of carbonyl (C=O) groups is 2. The Morgan fingerprint density at radius 1 is 1.00 bits per heavy atom. The van der Waals surface area contributed by atoms with Gasteiger partial charge in [0, 0.05) is 30.8 Å². The van der Waals surface area contributed by atoms with Crippen molar-refractivity contribution >= 4 is 23.2 Å². The zero-order chi connectivity index (χ0) is 24.8. The van der Waals surface area contributed by atoms with Crippen LogP contribution in [0.15, 0.2) is 66.0 Å². The van der Waals surface area contributed by atoms with Gasteiger partial charge in [-0.15, -0.1) is 11.3 Å². The molecule has 0 fully saturated rings. The summed E-state index contributed by atoms with van der Waals surface area (Å²) in [5.41, 5.74) is 2.02. The molecule has 8 heteroatoms. The fraction of sp³-hybridized carbons (Fsp3) is 0.333. The summed E-state index contributed by atoms with van der Waals surface area (Å²) in [6, 6.07) is 17.1. The number of carbonyl (C=O) groups excluding carboxylic acids is 2. The summed E-state index contributed by atoms with van der Waals surface area (Å²) in [5.74, 6) is -0.432. The Labute approximate surface area is 206 Å². The van der Waals surface area contributed by atoms with Crippen molar-refractivity contribution in [2.24, 2.45) is 0 Å². The maximum Gasteiger partial charge on any atom is 0.416 e. The predicted molar refractivity (Wildman–Crippen MR) is 130 cm³/mol. The Morgan fingerprint density at radius 2 is 1.77 bits per heavy atom. The van der Waals surface area contributed by atoms with Crippen molar-refractivity contribution in [2.75, 3.05) is 6.54 Å². The quantitative estimate of drug-likeness (QED) is 0.417. The topological polar surface area (TPSA) is 49.4 Å². The number of nitrogens with one attached hydrogen (secondary N) is 1. The summed E-state index contributed by atoms with van der Waals surface area (Å²) in [4.78, 5) is 28.6. The first-order valence-electron chi connectivity index (χ1n) is 11.6. The van der Waals surface area contributed by atoms with Crippen LogP contribution in [-0.2, 0) is 35.2 Å². The number of halogens is 3. The van der Waals surface area contributed by atoms with Gasteiger partial charge in [-0.2, -0.15) is 13.2 Å². The zero-order valence-electron chi connectivity index (χ0n) is 19.2. The van der Waals surface area contributed by atoms with E-state index in [1.165, 1.54) is 28.1 Å². The van der Waals surface area contributed by atoms with Gasteiger partial charge in [-0.25, -0.2) is 0 Å². The zero-order valence-corrected chi connectivity index (χ0v) is 20.0. The lowest BCUT2D eigenvalue weighted by Gasteiger charge is -2.36. The Kier molecular flexibility index (Phi) is 7.90. The second-order valence-corrected chi connectivity index (χ2v) is 9.65. The van der Waals surface area contributed by atoms with E-state index in [0.717, 1.165) is 31.4 Å². The number of alkyl halides is 3. The van der Waals surface area contributed by atoms with Gasteiger partial charge in [0.2, 0.25) is 11.8 Å². The molecule has 35 heavy (non-hydrogen) atoms. The molecule has 1 aliphatic rings. The van der Waals surface area contributed by atoms with E-state index in [1.807, 2.05) is 23.1 Å². The lowest BCUT2D eigenvalue weighted by molar-refractivity contribution is -0.137. The summed E-state index contributed by atoms with van der Waals surface area (Å²) in [5, 5.41) is 4.69. The third-order valence-electron chi connectivity index (χ3n) is 6.27. The molecule has 1 aliphatic heterocycles. The molecule has 0 saturated heterocycles. The molecule has 1 atom stereocenters. The van der Waals surface area contributed by atoms with Crippen molar-refractivity contribution in [3.05, 3.63) is 93.2 Å². The molecule has 2 amide bonds. The first kappa shape index (κ1) is 25.0. The summed E-state index contributed by atoms with van der Waals surface area (Å²) < 4.78 is 38.6. The molecular weight excluding hydrogens is 473 g/mol. The molecule has 3 aromatic rings. The second-order valence-electron chi connectivity index (χ2n) is 8.65. The molecule has 1 unspecified atom stereocenters. The Morgan fingerprint density at radius 3 is 2.54 bits per heavy atom. The number of nitrogens with zero attached hydrogens (tertiary/aromatic N) is 1. The van der Waals surface area contributed by atoms with Gasteiger partial charge in [-0.3, -0.25) is 9.59 Å². The predicted octanol–water partition coefficient (Wildman–Crippen LogP) is 5.92. The molecule has 1 N–H and O–H groups in total. The maximum absolute atomic E-state index is 13.1. The molecule has 0 radical (unpaired) electrons. The van der Waals surface area contributed by atoms with Gasteiger partial charge in [0.1, 0.15) is 0 Å². The molecule has 184 valence electrons. The van der Waals surface area contributed by atoms with E-state index in [4.69, 9.17) is 0 Å². The van der Waals surface area contributed by atoms with Crippen molar-refractivity contribution < 1.29 is 22.8 Å². The van der Waals surface area contributed by atoms with Crippen LogP contribution in [0.5, 0.6) is 0 Å². The van der Waals surface area contributed by atoms with Crippen molar-refractivity contribution in [1.82, 2.24) is 10.2 Å². The summed E-state index contributed by atoms with van der Waals surface area (Å²) >= 11 is 1.72. The number of hydrogen-bond acceptors (Lipinski definition) is 3. The molecule has 2 aromatic carbocycles. The van der Waals surface area contributed by atoms with Crippen LogP contribution in [0.3, 0.4) is 0 Å². The number of thiophene rings is 1. The Balaban J connectivity index is 1.32. The Bertz CT molecular complexity index is 1160. The minimum atomic E-state index is -4.43. The molecule has 1 aromatic heterocycles. The highest BCUT2D eigenvalue weighted by Gasteiger charge is 2.32. The molecule has 0 saturated carbocycles. The fourth-order valence-electron chi connectivity index (χ4n) is 4.46. The average Bonchev–Trinajstić information content (AvgIpc) is 3.34. The molecule has 2 heterocycles. The lowest BCUT2D eigenvalue weighted by Crippen LogP contribution is -2.40. The van der Waals surface area contributed by atoms with E-state index in [0.29, 0.717) is 12.1 Å². The van der Waals surface area contributed by atoms with E-state index in [2.05, 4.69) is 28.9 Å². The van der Waals surface area contributed by atoms with Gasteiger partial charge in [-0.1, -0.05) is 42.5 Å². The molecular formula is C27H27F3N2O2S. The second kappa shape index (κ2) is 11.1. The Hall–Kier alpha value is -3.13. The van der Waals surface area contributed by atoms with E-state index in [-0.39, 0.29) is 37.2 Å². The molecule has 0 spiro atoms. The van der Waals surface area contributed by atoms with Crippen molar-refractivity contribution in [3.8, 4) is 0 Å². The van der Waals surface area contributed by atoms with Gasteiger partial charge >= 0.3 is 6.18 Å². The summed E-state index contributed by atoms with van der Waals surface area (Å²) in [7, 11) is 0. The smallest absolute Gasteiger partial charge is 0.352 e. The fourth-order valence-corrected chi connectivity index (χ4v) is 5.39. The van der Waals surface area contributed by atoms with E-state index in [9.17, 15) is 22.8 Å². The third-order valence-corrected chi connectivity index (χ3v) is 7.27. The van der Waals surface area contributed by atoms with Crippen LogP contribution in [0.1, 0.15) is 52.4 Å². The molecule has 0 aliphatic carbocycles. The van der Waals surface area contributed by atoms with Crippen LogP contribution in [0.25, 0.3) is 0 Å². The van der Waals surface area contributed by atoms with E-state index >= 15 is 0 Å². The SMILES string of the molecule is O=C(CCC(=O)N1CCc2sccc2C1CCc1ccccc1)NCc1cccc(C(F)(F)F)c1. The summed E-state index contributed by atoms with van der Waals surface area (Å²) in [6.45, 7) is 0.607. The van der Waals surface area contributed by atoms with Gasteiger partial charge in [0.15, 0.2) is 0 Å². The molecule has 4 rings (SSSR count). The number of fused-ring (bicyclic) bond motifs is 1. The molecule has 4 nitrogen and oxygen atoms in total. The summed E-state index contributed by atoms with van der Waals surface area (Å²) in [6.07, 6.45) is -1.90. The number of benzene rings is 2. The van der Waals surface area contributed by atoms with Crippen LogP contribution in [0.4, 0.5) is 13.2 Å². The largest absolute Gasteiger partial charge is 0.416 e. The maximum atomic E-state index is 13.1. The highest BCUT2D eigenvalue weighted by atomic mass is 32.1. The first-order chi connectivity index (χ1) is 16.8. The van der Waals surface area contributed by atoms with Gasteiger partial charge < -0.3 is 10.2 Å². The number of hydrogen-bond donors (Lipinski definition) is 1. The minimum absolute atomic E-state index is 0.00378. The number of amides is 2. The first-order valence-corrected chi connectivity index (χ1v) is 12.5. The van der Waals surface area contributed by atoms with E-state index in [1.54, 1.807) is 11.3 Å². The monoisotopic (exact) mass is 500 g/mol. The van der Waals surface area contributed by atoms with Crippen LogP contribution in [-0.4, -0.2) is 23.3 Å². The van der Waals surface area contributed by atoms with Gasteiger partial charge in [0.05, 0.1) is 11.6 Å². The van der Waals surface area contributed by atoms with Gasteiger partial charge in [-0.05, 0) is 59.5 Å². The highest BCUT2D eigenvalue weighted by molar-refractivity contribution is 7.10. The van der Waals surface area contributed by atoms with Crippen LogP contribution < -0.4 is 5.32 Å². The minimum Gasteiger partial charge on any atom is -0.352 e. The number of rotatable bonds is 8. The average molecular weight is 501 g/mol. The van der Waals surface area contributed by atoms with Crippen molar-refractivity contribution in [2.45, 2.75) is 50.9 Å². The van der Waals surface area contributed by atoms with Crippen LogP contribution in [0.2, 0.25) is 0 Å². The number of aryl methyl sites for hydroxylation is 1. The lowest BCUT2D eigenvalue weighted by atomic mass is 9.93. The highest BCUT2D eigenvalue weighted by Crippen LogP contribution is 2.36. The van der Waals surface area contributed by atoms with Crippen LogP contribution >= 0.6 is 11.3 Å². The van der Waals surface area contributed by atoms with Crippen molar-refractivity contribution in [1.29, 1.82) is 0 Å². The van der Waals surface area contributed by atoms with Crippen LogP contribution in [0, 0.1) is 0 Å². The van der Waals surface area contributed by atoms with E-state index < -0.39 is 11.7 Å². The van der Waals surface area contributed by atoms with Gasteiger partial charge in [0.25, 0.3) is 0 Å². The normalized spacial score (nSPS) is 15.5. The standard InChI is InChI=1S/C27H27F3N2O2S/c28-27(29,30)21-8-4-7-20(17-21)18-31-25(33)11-12-26(34)32-15-13-24-22(14-16-35-24)23(32)10-9-19-5-2-1-3-6-19/h1-8,14,16-17,23H,9-13,15,18H2,(H,31,33).